The van der Waals surface area contributed by atoms with Crippen molar-refractivity contribution in [2.24, 2.45) is 0 Å². The number of aliphatic carboxylic acids is 1. The molecular formula is C14H10ClNO4S. The van der Waals surface area contributed by atoms with Crippen molar-refractivity contribution in [2.75, 3.05) is 0 Å². The number of halogens is 1. The summed E-state index contributed by atoms with van der Waals surface area (Å²) in [5, 5.41) is 20.4. The predicted molar refractivity (Wildman–Crippen MR) is 80.0 cm³/mol. The Labute approximate surface area is 129 Å². The number of nitro benzene ring substituents is 1. The van der Waals surface area contributed by atoms with Gasteiger partial charge in [0.25, 0.3) is 5.69 Å². The van der Waals surface area contributed by atoms with Gasteiger partial charge >= 0.3 is 5.97 Å². The van der Waals surface area contributed by atoms with E-state index in [0.29, 0.717) is 15.5 Å². The van der Waals surface area contributed by atoms with E-state index in [1.54, 1.807) is 24.3 Å². The lowest BCUT2D eigenvalue weighted by Gasteiger charge is -2.05. The first-order chi connectivity index (χ1) is 9.95. The van der Waals surface area contributed by atoms with Gasteiger partial charge in [-0.05, 0) is 35.9 Å². The summed E-state index contributed by atoms with van der Waals surface area (Å²) in [5.74, 6) is -0.980. The van der Waals surface area contributed by atoms with E-state index in [1.807, 2.05) is 0 Å². The number of hydrogen-bond donors (Lipinski definition) is 1. The van der Waals surface area contributed by atoms with Crippen molar-refractivity contribution in [2.45, 2.75) is 16.2 Å². The normalized spacial score (nSPS) is 10.3. The number of nitro groups is 1. The van der Waals surface area contributed by atoms with Gasteiger partial charge < -0.3 is 5.11 Å². The SMILES string of the molecule is O=C(O)Cc1ccc([N+](=O)[O-])c(Sc2ccc(Cl)cc2)c1. The van der Waals surface area contributed by atoms with E-state index in [4.69, 9.17) is 16.7 Å². The number of hydrogen-bond acceptors (Lipinski definition) is 4. The molecule has 0 aliphatic carbocycles. The van der Waals surface area contributed by atoms with Crippen LogP contribution in [-0.4, -0.2) is 16.0 Å². The second-order valence-electron chi connectivity index (χ2n) is 4.19. The molecule has 0 unspecified atom stereocenters. The van der Waals surface area contributed by atoms with Crippen LogP contribution >= 0.6 is 23.4 Å². The van der Waals surface area contributed by atoms with Crippen molar-refractivity contribution in [3.05, 3.63) is 63.2 Å². The van der Waals surface area contributed by atoms with Crippen molar-refractivity contribution < 1.29 is 14.8 Å². The maximum absolute atomic E-state index is 11.1. The van der Waals surface area contributed by atoms with Crippen LogP contribution in [0.1, 0.15) is 5.56 Å². The Bertz CT molecular complexity index is 688. The summed E-state index contributed by atoms with van der Waals surface area (Å²) in [5.41, 5.74) is 0.466. The Kier molecular flexibility index (Phi) is 4.82. The lowest BCUT2D eigenvalue weighted by atomic mass is 10.1. The van der Waals surface area contributed by atoms with Crippen LogP contribution in [0, 0.1) is 10.1 Å². The molecule has 0 radical (unpaired) electrons. The number of benzene rings is 2. The van der Waals surface area contributed by atoms with Crippen molar-refractivity contribution >= 4 is 35.0 Å². The number of rotatable bonds is 5. The summed E-state index contributed by atoms with van der Waals surface area (Å²) in [6.07, 6.45) is -0.174. The van der Waals surface area contributed by atoms with Crippen molar-refractivity contribution in [3.8, 4) is 0 Å². The van der Waals surface area contributed by atoms with Gasteiger partial charge in [0.1, 0.15) is 0 Å². The van der Waals surface area contributed by atoms with E-state index in [0.717, 1.165) is 4.90 Å². The van der Waals surface area contributed by atoms with Gasteiger partial charge in [-0.2, -0.15) is 0 Å². The molecule has 1 N–H and O–H groups in total. The summed E-state index contributed by atoms with van der Waals surface area (Å²) < 4.78 is 0. The smallest absolute Gasteiger partial charge is 0.307 e. The van der Waals surface area contributed by atoms with Gasteiger partial charge in [-0.25, -0.2) is 0 Å². The molecule has 0 saturated heterocycles. The molecule has 0 fully saturated rings. The van der Waals surface area contributed by atoms with Gasteiger partial charge in [-0.3, -0.25) is 14.9 Å². The molecule has 0 bridgehead atoms. The van der Waals surface area contributed by atoms with Crippen molar-refractivity contribution in [3.63, 3.8) is 0 Å². The molecule has 0 saturated carbocycles. The Morgan fingerprint density at radius 1 is 1.24 bits per heavy atom. The Morgan fingerprint density at radius 2 is 1.90 bits per heavy atom. The van der Waals surface area contributed by atoms with Gasteiger partial charge in [0, 0.05) is 16.0 Å². The number of carboxylic acids is 1. The first-order valence-corrected chi connectivity index (χ1v) is 7.07. The van der Waals surface area contributed by atoms with Gasteiger partial charge in [0.2, 0.25) is 0 Å². The monoisotopic (exact) mass is 323 g/mol. The van der Waals surface area contributed by atoms with E-state index in [9.17, 15) is 14.9 Å². The number of carboxylic acid groups (broad SMARTS) is 1. The molecule has 0 spiro atoms. The third-order valence-corrected chi connectivity index (χ3v) is 3.92. The Hall–Kier alpha value is -2.05. The Morgan fingerprint density at radius 3 is 2.48 bits per heavy atom. The van der Waals surface area contributed by atoms with Crippen LogP contribution in [0.25, 0.3) is 0 Å². The number of carbonyl (C=O) groups is 1. The summed E-state index contributed by atoms with van der Waals surface area (Å²) in [7, 11) is 0. The van der Waals surface area contributed by atoms with Crippen LogP contribution in [0.4, 0.5) is 5.69 Å². The predicted octanol–water partition coefficient (Wildman–Crippen LogP) is 4.03. The lowest BCUT2D eigenvalue weighted by Crippen LogP contribution is -2.01. The zero-order valence-electron chi connectivity index (χ0n) is 10.7. The lowest BCUT2D eigenvalue weighted by molar-refractivity contribution is -0.387. The summed E-state index contributed by atoms with van der Waals surface area (Å²) in [6, 6.07) is 11.2. The second kappa shape index (κ2) is 6.60. The summed E-state index contributed by atoms with van der Waals surface area (Å²) in [6.45, 7) is 0. The minimum absolute atomic E-state index is 0.0518. The molecule has 0 aromatic heterocycles. The van der Waals surface area contributed by atoms with E-state index < -0.39 is 10.9 Å². The Balaban J connectivity index is 2.35. The quantitative estimate of drug-likeness (QED) is 0.663. The fraction of sp³-hybridized carbons (Fsp3) is 0.0714. The molecule has 0 aliphatic heterocycles. The molecule has 0 atom stereocenters. The fourth-order valence-electron chi connectivity index (χ4n) is 1.71. The minimum atomic E-state index is -0.980. The maximum Gasteiger partial charge on any atom is 0.307 e. The van der Waals surface area contributed by atoms with Crippen molar-refractivity contribution in [1.82, 2.24) is 0 Å². The molecule has 0 amide bonds. The third-order valence-electron chi connectivity index (χ3n) is 2.62. The number of nitrogens with zero attached hydrogens (tertiary/aromatic N) is 1. The molecule has 0 heterocycles. The molecule has 5 nitrogen and oxygen atoms in total. The third kappa shape index (κ3) is 4.21. The molecule has 21 heavy (non-hydrogen) atoms. The molecule has 108 valence electrons. The maximum atomic E-state index is 11.1. The minimum Gasteiger partial charge on any atom is -0.481 e. The molecule has 2 aromatic carbocycles. The van der Waals surface area contributed by atoms with Gasteiger partial charge in [0.15, 0.2) is 0 Å². The first kappa shape index (κ1) is 15.3. The van der Waals surface area contributed by atoms with E-state index >= 15 is 0 Å². The highest BCUT2D eigenvalue weighted by molar-refractivity contribution is 7.99. The van der Waals surface area contributed by atoms with E-state index in [2.05, 4.69) is 0 Å². The molecule has 2 rings (SSSR count). The fourth-order valence-corrected chi connectivity index (χ4v) is 2.81. The second-order valence-corrected chi connectivity index (χ2v) is 5.74. The average molecular weight is 324 g/mol. The highest BCUT2D eigenvalue weighted by Crippen LogP contribution is 2.35. The van der Waals surface area contributed by atoms with Crippen molar-refractivity contribution in [1.29, 1.82) is 0 Å². The zero-order valence-corrected chi connectivity index (χ0v) is 12.2. The van der Waals surface area contributed by atoms with E-state index in [-0.39, 0.29) is 12.1 Å². The van der Waals surface area contributed by atoms with Crippen LogP contribution in [0.3, 0.4) is 0 Å². The zero-order chi connectivity index (χ0) is 15.4. The average Bonchev–Trinajstić information content (AvgIpc) is 2.40. The van der Waals surface area contributed by atoms with Gasteiger partial charge in [0.05, 0.1) is 16.2 Å². The van der Waals surface area contributed by atoms with Gasteiger partial charge in [-0.1, -0.05) is 29.4 Å². The highest BCUT2D eigenvalue weighted by Gasteiger charge is 2.16. The topological polar surface area (TPSA) is 80.4 Å². The molecular weight excluding hydrogens is 314 g/mol. The summed E-state index contributed by atoms with van der Waals surface area (Å²) >= 11 is 7.00. The first-order valence-electron chi connectivity index (χ1n) is 5.88. The summed E-state index contributed by atoms with van der Waals surface area (Å²) in [4.78, 5) is 22.5. The van der Waals surface area contributed by atoms with Crippen LogP contribution in [0.2, 0.25) is 5.02 Å². The van der Waals surface area contributed by atoms with Crippen LogP contribution in [0.15, 0.2) is 52.3 Å². The molecule has 0 aliphatic rings. The van der Waals surface area contributed by atoms with E-state index in [1.165, 1.54) is 30.0 Å². The van der Waals surface area contributed by atoms with Gasteiger partial charge in [-0.15, -0.1) is 0 Å². The van der Waals surface area contributed by atoms with Crippen LogP contribution in [-0.2, 0) is 11.2 Å². The molecule has 2 aromatic rings. The largest absolute Gasteiger partial charge is 0.481 e. The molecule has 7 heteroatoms. The highest BCUT2D eigenvalue weighted by atomic mass is 35.5. The van der Waals surface area contributed by atoms with Crippen LogP contribution < -0.4 is 0 Å². The van der Waals surface area contributed by atoms with Crippen LogP contribution in [0.5, 0.6) is 0 Å². The standard InChI is InChI=1S/C14H10ClNO4S/c15-10-2-4-11(5-3-10)21-13-7-9(8-14(17)18)1-6-12(13)16(19)20/h1-7H,8H2,(H,17,18).